The van der Waals surface area contributed by atoms with Crippen molar-refractivity contribution in [2.75, 3.05) is 11.9 Å². The summed E-state index contributed by atoms with van der Waals surface area (Å²) in [6.07, 6.45) is 0.0911. The number of carbonyl (C=O) groups is 1. The van der Waals surface area contributed by atoms with E-state index in [4.69, 9.17) is 4.74 Å². The number of anilines is 1. The lowest BCUT2D eigenvalue weighted by Gasteiger charge is -2.14. The fraction of sp³-hybridized carbons (Fsp3) is 0.500. The molecule has 18 heavy (non-hydrogen) atoms. The van der Waals surface area contributed by atoms with Gasteiger partial charge in [0.25, 0.3) is 5.91 Å². The fourth-order valence-electron chi connectivity index (χ4n) is 2.09. The van der Waals surface area contributed by atoms with Crippen LogP contribution in [0, 0.1) is 5.92 Å². The smallest absolute Gasteiger partial charge is 0.253 e. The molecule has 1 fully saturated rings. The molecule has 2 rings (SSSR count). The van der Waals surface area contributed by atoms with Crippen molar-refractivity contribution in [2.24, 2.45) is 5.92 Å². The topological polar surface area (TPSA) is 58.6 Å². The molecule has 1 saturated heterocycles. The van der Waals surface area contributed by atoms with Gasteiger partial charge in [0.05, 0.1) is 6.10 Å². The number of aliphatic hydroxyl groups is 1. The van der Waals surface area contributed by atoms with E-state index in [2.05, 4.69) is 5.32 Å². The molecule has 1 aliphatic heterocycles. The van der Waals surface area contributed by atoms with Crippen molar-refractivity contribution in [3.63, 3.8) is 0 Å². The molecule has 1 amide bonds. The Morgan fingerprint density at radius 3 is 2.61 bits per heavy atom. The predicted molar refractivity (Wildman–Crippen MR) is 69.2 cm³/mol. The summed E-state index contributed by atoms with van der Waals surface area (Å²) < 4.78 is 5.41. The highest BCUT2D eigenvalue weighted by Crippen LogP contribution is 2.22. The van der Waals surface area contributed by atoms with E-state index < -0.39 is 6.10 Å². The van der Waals surface area contributed by atoms with Gasteiger partial charge in [0, 0.05) is 12.3 Å². The van der Waals surface area contributed by atoms with E-state index in [-0.39, 0.29) is 17.9 Å². The van der Waals surface area contributed by atoms with Crippen molar-refractivity contribution < 1.29 is 14.6 Å². The highest BCUT2D eigenvalue weighted by molar-refractivity contribution is 5.94. The van der Waals surface area contributed by atoms with E-state index in [1.165, 1.54) is 0 Å². The monoisotopic (exact) mass is 249 g/mol. The predicted octanol–water partition coefficient (Wildman–Crippen LogP) is 2.10. The minimum atomic E-state index is -0.493. The maximum Gasteiger partial charge on any atom is 0.253 e. The highest BCUT2D eigenvalue weighted by atomic mass is 16.5. The van der Waals surface area contributed by atoms with Crippen LogP contribution in [0.25, 0.3) is 0 Å². The average molecular weight is 249 g/mol. The zero-order valence-corrected chi connectivity index (χ0v) is 10.7. The normalized spacial score (nSPS) is 24.8. The molecule has 3 unspecified atom stereocenters. The first kappa shape index (κ1) is 13.1. The third kappa shape index (κ3) is 2.89. The van der Waals surface area contributed by atoms with E-state index in [1.807, 2.05) is 6.92 Å². The highest BCUT2D eigenvalue weighted by Gasteiger charge is 2.30. The van der Waals surface area contributed by atoms with Gasteiger partial charge in [-0.25, -0.2) is 0 Å². The largest absolute Gasteiger partial charge is 0.389 e. The Kier molecular flexibility index (Phi) is 3.99. The summed E-state index contributed by atoms with van der Waals surface area (Å²) in [7, 11) is 0. The second-order valence-corrected chi connectivity index (χ2v) is 4.84. The second kappa shape index (κ2) is 5.50. The van der Waals surface area contributed by atoms with Gasteiger partial charge in [-0.3, -0.25) is 4.79 Å². The van der Waals surface area contributed by atoms with E-state index in [0.29, 0.717) is 6.61 Å². The Balaban J connectivity index is 1.98. The van der Waals surface area contributed by atoms with E-state index >= 15 is 0 Å². The molecule has 3 atom stereocenters. The summed E-state index contributed by atoms with van der Waals surface area (Å²) in [5, 5.41) is 12.2. The average Bonchev–Trinajstić information content (AvgIpc) is 2.76. The summed E-state index contributed by atoms with van der Waals surface area (Å²) >= 11 is 0. The Hall–Kier alpha value is -1.39. The number of aliphatic hydroxyl groups excluding tert-OH is 1. The summed E-state index contributed by atoms with van der Waals surface area (Å²) in [4.78, 5) is 12.0. The van der Waals surface area contributed by atoms with Gasteiger partial charge in [0.2, 0.25) is 0 Å². The summed E-state index contributed by atoms with van der Waals surface area (Å²) in [5.41, 5.74) is 1.56. The molecule has 4 heteroatoms. The van der Waals surface area contributed by atoms with Gasteiger partial charge < -0.3 is 15.2 Å². The summed E-state index contributed by atoms with van der Waals surface area (Å²) in [5.74, 6) is 0.173. The van der Waals surface area contributed by atoms with Gasteiger partial charge in [-0.1, -0.05) is 19.1 Å². The van der Waals surface area contributed by atoms with Gasteiger partial charge in [0.1, 0.15) is 6.10 Å². The number of rotatable bonds is 3. The molecular weight excluding hydrogens is 230 g/mol. The zero-order chi connectivity index (χ0) is 13.1. The SMILES string of the molecule is CC(O)c1ccc(NC(=O)C2OCCC2C)cc1. The third-order valence-corrected chi connectivity index (χ3v) is 3.31. The maximum absolute atomic E-state index is 12.0. The van der Waals surface area contributed by atoms with Crippen LogP contribution in [0.5, 0.6) is 0 Å². The van der Waals surface area contributed by atoms with Gasteiger partial charge in [-0.05, 0) is 37.0 Å². The van der Waals surface area contributed by atoms with E-state index in [1.54, 1.807) is 31.2 Å². The van der Waals surface area contributed by atoms with Gasteiger partial charge in [0.15, 0.2) is 0 Å². The quantitative estimate of drug-likeness (QED) is 0.862. The van der Waals surface area contributed by atoms with E-state index in [0.717, 1.165) is 17.7 Å². The molecule has 0 aromatic heterocycles. The number of amides is 1. The fourth-order valence-corrected chi connectivity index (χ4v) is 2.09. The second-order valence-electron chi connectivity index (χ2n) is 4.84. The molecule has 1 aliphatic rings. The first-order chi connectivity index (χ1) is 8.58. The molecule has 0 saturated carbocycles. The van der Waals surface area contributed by atoms with Crippen molar-refractivity contribution in [2.45, 2.75) is 32.5 Å². The lowest BCUT2D eigenvalue weighted by molar-refractivity contribution is -0.126. The molecule has 0 radical (unpaired) electrons. The molecule has 0 spiro atoms. The molecule has 1 aromatic carbocycles. The van der Waals surface area contributed by atoms with Crippen molar-refractivity contribution in [1.29, 1.82) is 0 Å². The van der Waals surface area contributed by atoms with Gasteiger partial charge in [-0.15, -0.1) is 0 Å². The molecule has 0 aliphatic carbocycles. The standard InChI is InChI=1S/C14H19NO3/c1-9-7-8-18-13(9)14(17)15-12-5-3-11(4-6-12)10(2)16/h3-6,9-10,13,16H,7-8H2,1-2H3,(H,15,17). The Morgan fingerprint density at radius 1 is 1.44 bits per heavy atom. The van der Waals surface area contributed by atoms with Crippen LogP contribution in [0.15, 0.2) is 24.3 Å². The Bertz CT molecular complexity index is 414. The van der Waals surface area contributed by atoms with Crippen LogP contribution in [0.1, 0.15) is 31.9 Å². The van der Waals surface area contributed by atoms with Crippen LogP contribution in [0.2, 0.25) is 0 Å². The lowest BCUT2D eigenvalue weighted by atomic mass is 10.0. The molecule has 1 heterocycles. The van der Waals surface area contributed by atoms with Crippen molar-refractivity contribution in [3.8, 4) is 0 Å². The van der Waals surface area contributed by atoms with Crippen LogP contribution >= 0.6 is 0 Å². The molecule has 98 valence electrons. The molecule has 2 N–H and O–H groups in total. The lowest BCUT2D eigenvalue weighted by Crippen LogP contribution is -2.31. The molecular formula is C14H19NO3. The van der Waals surface area contributed by atoms with Crippen LogP contribution < -0.4 is 5.32 Å². The first-order valence-corrected chi connectivity index (χ1v) is 6.28. The molecule has 1 aromatic rings. The number of carbonyl (C=O) groups excluding carboxylic acids is 1. The Labute approximate surface area is 107 Å². The zero-order valence-electron chi connectivity index (χ0n) is 10.7. The van der Waals surface area contributed by atoms with Crippen LogP contribution in [-0.4, -0.2) is 23.7 Å². The van der Waals surface area contributed by atoms with E-state index in [9.17, 15) is 9.90 Å². The third-order valence-electron chi connectivity index (χ3n) is 3.31. The van der Waals surface area contributed by atoms with Crippen molar-refractivity contribution in [1.82, 2.24) is 0 Å². The number of nitrogens with one attached hydrogen (secondary N) is 1. The van der Waals surface area contributed by atoms with Gasteiger partial charge >= 0.3 is 0 Å². The van der Waals surface area contributed by atoms with Crippen LogP contribution in [0.3, 0.4) is 0 Å². The Morgan fingerprint density at radius 2 is 2.11 bits per heavy atom. The van der Waals surface area contributed by atoms with Crippen molar-refractivity contribution in [3.05, 3.63) is 29.8 Å². The van der Waals surface area contributed by atoms with Crippen LogP contribution in [-0.2, 0) is 9.53 Å². The summed E-state index contributed by atoms with van der Waals surface area (Å²) in [6.45, 7) is 4.38. The first-order valence-electron chi connectivity index (χ1n) is 6.28. The minimum Gasteiger partial charge on any atom is -0.389 e. The molecule has 0 bridgehead atoms. The number of hydrogen-bond donors (Lipinski definition) is 2. The summed E-state index contributed by atoms with van der Waals surface area (Å²) in [6, 6.07) is 7.19. The molecule has 4 nitrogen and oxygen atoms in total. The number of hydrogen-bond acceptors (Lipinski definition) is 3. The van der Waals surface area contributed by atoms with Crippen molar-refractivity contribution >= 4 is 11.6 Å². The van der Waals surface area contributed by atoms with Gasteiger partial charge in [-0.2, -0.15) is 0 Å². The number of benzene rings is 1. The van der Waals surface area contributed by atoms with Crippen LogP contribution in [0.4, 0.5) is 5.69 Å². The number of ether oxygens (including phenoxy) is 1. The maximum atomic E-state index is 12.0. The minimum absolute atomic E-state index is 0.0928.